The number of hydrogen-bond acceptors (Lipinski definition) is 4. The van der Waals surface area contributed by atoms with Gasteiger partial charge in [0.15, 0.2) is 0 Å². The van der Waals surface area contributed by atoms with Gasteiger partial charge in [0.1, 0.15) is 17.6 Å². The Kier molecular flexibility index (Phi) is 3.37. The zero-order valence-corrected chi connectivity index (χ0v) is 11.0. The molecule has 0 bridgehead atoms. The summed E-state index contributed by atoms with van der Waals surface area (Å²) in [5, 5.41) is 0. The number of hydrogen-bond donors (Lipinski definition) is 1. The van der Waals surface area contributed by atoms with Crippen molar-refractivity contribution in [3.63, 3.8) is 0 Å². The summed E-state index contributed by atoms with van der Waals surface area (Å²) in [6, 6.07) is 3.87. The third-order valence-corrected chi connectivity index (χ3v) is 3.22. The number of hydroxylamine groups is 1. The number of ether oxygens (including phenoxy) is 2. The molecule has 1 aromatic rings. The number of fused-ring (bicyclic) bond motifs is 1. The summed E-state index contributed by atoms with van der Waals surface area (Å²) in [5.41, 5.74) is 3.97. The molecule has 0 saturated carbocycles. The summed E-state index contributed by atoms with van der Waals surface area (Å²) in [5.74, 6) is 1.65. The molecule has 1 aliphatic rings. The third-order valence-electron chi connectivity index (χ3n) is 2.63. The van der Waals surface area contributed by atoms with Crippen molar-refractivity contribution in [3.05, 3.63) is 22.2 Å². The second-order valence-electron chi connectivity index (χ2n) is 3.65. The first kappa shape index (κ1) is 11.7. The molecule has 1 aromatic carbocycles. The average molecular weight is 288 g/mol. The van der Waals surface area contributed by atoms with Gasteiger partial charge in [-0.2, -0.15) is 5.48 Å². The van der Waals surface area contributed by atoms with E-state index in [4.69, 9.17) is 14.3 Å². The number of benzene rings is 1. The van der Waals surface area contributed by atoms with Gasteiger partial charge in [-0.3, -0.25) is 0 Å². The summed E-state index contributed by atoms with van der Waals surface area (Å²) >= 11 is 3.47. The van der Waals surface area contributed by atoms with Crippen LogP contribution >= 0.6 is 15.9 Å². The lowest BCUT2D eigenvalue weighted by Crippen LogP contribution is -2.27. The molecule has 0 fully saturated rings. The highest BCUT2D eigenvalue weighted by atomic mass is 79.9. The normalized spacial score (nSPS) is 22.8. The molecule has 2 rings (SSSR count). The van der Waals surface area contributed by atoms with E-state index in [1.807, 2.05) is 19.1 Å². The van der Waals surface area contributed by atoms with Crippen molar-refractivity contribution < 1.29 is 14.3 Å². The fourth-order valence-electron chi connectivity index (χ4n) is 1.86. The van der Waals surface area contributed by atoms with Crippen LogP contribution in [0, 0.1) is 0 Å². The Balaban J connectivity index is 2.42. The second kappa shape index (κ2) is 4.61. The van der Waals surface area contributed by atoms with Gasteiger partial charge in [-0.05, 0) is 35.0 Å². The number of methoxy groups -OCH3 is 1. The first-order valence-corrected chi connectivity index (χ1v) is 5.79. The molecule has 5 heteroatoms. The predicted octanol–water partition coefficient (Wildman–Crippen LogP) is 2.43. The number of rotatable bonds is 3. The van der Waals surface area contributed by atoms with Gasteiger partial charge in [0.05, 0.1) is 24.7 Å². The number of halogens is 1. The monoisotopic (exact) mass is 287 g/mol. The topological polar surface area (TPSA) is 39.7 Å². The molecule has 0 amide bonds. The Morgan fingerprint density at radius 3 is 2.75 bits per heavy atom. The molecule has 0 saturated heterocycles. The lowest BCUT2D eigenvalue weighted by molar-refractivity contribution is 0.0338. The molecule has 16 heavy (non-hydrogen) atoms. The second-order valence-corrected chi connectivity index (χ2v) is 4.50. The molecular weight excluding hydrogens is 274 g/mol. The largest absolute Gasteiger partial charge is 0.497 e. The quantitative estimate of drug-likeness (QED) is 0.867. The van der Waals surface area contributed by atoms with E-state index in [2.05, 4.69) is 21.4 Å². The van der Waals surface area contributed by atoms with E-state index >= 15 is 0 Å². The molecule has 2 unspecified atom stereocenters. The molecule has 0 aromatic heterocycles. The maximum atomic E-state index is 5.76. The molecule has 88 valence electrons. The first-order valence-electron chi connectivity index (χ1n) is 5.00. The van der Waals surface area contributed by atoms with E-state index in [1.165, 1.54) is 0 Å². The lowest BCUT2D eigenvalue weighted by atomic mass is 10.1. The zero-order valence-electron chi connectivity index (χ0n) is 9.41. The molecule has 0 aliphatic carbocycles. The minimum atomic E-state index is 0.0198. The van der Waals surface area contributed by atoms with E-state index in [-0.39, 0.29) is 12.1 Å². The third kappa shape index (κ3) is 1.90. The van der Waals surface area contributed by atoms with Crippen LogP contribution in [0.5, 0.6) is 11.5 Å². The Morgan fingerprint density at radius 2 is 2.12 bits per heavy atom. The predicted molar refractivity (Wildman–Crippen MR) is 63.7 cm³/mol. The van der Waals surface area contributed by atoms with Crippen molar-refractivity contribution in [2.75, 3.05) is 14.2 Å². The molecule has 4 nitrogen and oxygen atoms in total. The van der Waals surface area contributed by atoms with E-state index in [0.29, 0.717) is 0 Å². The highest BCUT2D eigenvalue weighted by Gasteiger charge is 2.33. The molecule has 1 heterocycles. The SMILES string of the molecule is CONC1c2cc(OC)cc(Br)c2OC1C. The molecule has 1 N–H and O–H groups in total. The van der Waals surface area contributed by atoms with Gasteiger partial charge in [-0.25, -0.2) is 0 Å². The van der Waals surface area contributed by atoms with Crippen molar-refractivity contribution in [1.82, 2.24) is 5.48 Å². The van der Waals surface area contributed by atoms with Crippen LogP contribution in [-0.2, 0) is 4.84 Å². The summed E-state index contributed by atoms with van der Waals surface area (Å²) in [6.07, 6.45) is 0.0263. The maximum Gasteiger partial charge on any atom is 0.139 e. The molecule has 2 atom stereocenters. The Morgan fingerprint density at radius 1 is 1.38 bits per heavy atom. The summed E-state index contributed by atoms with van der Waals surface area (Å²) < 4.78 is 11.9. The standard InChI is InChI=1S/C11H14BrNO3/c1-6-10(13-15-3)8-4-7(14-2)5-9(12)11(8)16-6/h4-6,10,13H,1-3H3. The Bertz CT molecular complexity index is 397. The van der Waals surface area contributed by atoms with Crippen molar-refractivity contribution in [2.45, 2.75) is 19.1 Å². The van der Waals surface area contributed by atoms with Crippen molar-refractivity contribution in [2.24, 2.45) is 0 Å². The Labute approximate surface area is 103 Å². The first-order chi connectivity index (χ1) is 7.67. The zero-order chi connectivity index (χ0) is 11.7. The van der Waals surface area contributed by atoms with Crippen molar-refractivity contribution in [1.29, 1.82) is 0 Å². The Hall–Kier alpha value is -0.780. The van der Waals surface area contributed by atoms with Crippen molar-refractivity contribution >= 4 is 15.9 Å². The van der Waals surface area contributed by atoms with Crippen LogP contribution in [0.25, 0.3) is 0 Å². The maximum absolute atomic E-state index is 5.76. The van der Waals surface area contributed by atoms with Crippen LogP contribution in [0.3, 0.4) is 0 Å². The van der Waals surface area contributed by atoms with Crippen LogP contribution in [0.4, 0.5) is 0 Å². The molecular formula is C11H14BrNO3. The average Bonchev–Trinajstić information content (AvgIpc) is 2.58. The smallest absolute Gasteiger partial charge is 0.139 e. The summed E-state index contributed by atoms with van der Waals surface area (Å²) in [4.78, 5) is 4.98. The van der Waals surface area contributed by atoms with E-state index in [9.17, 15) is 0 Å². The highest BCUT2D eigenvalue weighted by Crippen LogP contribution is 2.44. The van der Waals surface area contributed by atoms with Crippen LogP contribution in [0.15, 0.2) is 16.6 Å². The van der Waals surface area contributed by atoms with Crippen molar-refractivity contribution in [3.8, 4) is 11.5 Å². The van der Waals surface area contributed by atoms with E-state index < -0.39 is 0 Å². The molecule has 0 spiro atoms. The van der Waals surface area contributed by atoms with Crippen LogP contribution in [0.1, 0.15) is 18.5 Å². The minimum Gasteiger partial charge on any atom is -0.497 e. The fourth-order valence-corrected chi connectivity index (χ4v) is 2.40. The summed E-state index contributed by atoms with van der Waals surface area (Å²) in [7, 11) is 3.24. The van der Waals surface area contributed by atoms with Gasteiger partial charge < -0.3 is 14.3 Å². The lowest BCUT2D eigenvalue weighted by Gasteiger charge is -2.14. The number of nitrogens with one attached hydrogen (secondary N) is 1. The van der Waals surface area contributed by atoms with Crippen LogP contribution in [-0.4, -0.2) is 20.3 Å². The van der Waals surface area contributed by atoms with Crippen LogP contribution < -0.4 is 15.0 Å². The van der Waals surface area contributed by atoms with Gasteiger partial charge in [0.25, 0.3) is 0 Å². The van der Waals surface area contributed by atoms with Gasteiger partial charge in [-0.1, -0.05) is 0 Å². The minimum absolute atomic E-state index is 0.0198. The van der Waals surface area contributed by atoms with Gasteiger partial charge in [0, 0.05) is 5.56 Å². The fraction of sp³-hybridized carbons (Fsp3) is 0.455. The van der Waals surface area contributed by atoms with E-state index in [1.54, 1.807) is 14.2 Å². The highest BCUT2D eigenvalue weighted by molar-refractivity contribution is 9.10. The molecule has 0 radical (unpaired) electrons. The summed E-state index contributed by atoms with van der Waals surface area (Å²) in [6.45, 7) is 2.00. The molecule has 1 aliphatic heterocycles. The van der Waals surface area contributed by atoms with E-state index in [0.717, 1.165) is 21.5 Å². The van der Waals surface area contributed by atoms with Gasteiger partial charge in [-0.15, -0.1) is 0 Å². The van der Waals surface area contributed by atoms with Crippen LogP contribution in [0.2, 0.25) is 0 Å². The van der Waals surface area contributed by atoms with Gasteiger partial charge >= 0.3 is 0 Å². The van der Waals surface area contributed by atoms with Gasteiger partial charge in [0.2, 0.25) is 0 Å².